The summed E-state index contributed by atoms with van der Waals surface area (Å²) in [6.45, 7) is 4.32. The fourth-order valence-corrected chi connectivity index (χ4v) is 5.32. The molecule has 0 saturated carbocycles. The molecule has 3 N–H and O–H groups in total. The molecule has 33 heavy (non-hydrogen) atoms. The number of hydrogen-bond acceptors (Lipinski definition) is 4. The van der Waals surface area contributed by atoms with Crippen molar-refractivity contribution < 1.29 is 14.3 Å². The Labute approximate surface area is 204 Å². The number of carbonyl (C=O) groups is 2. The lowest BCUT2D eigenvalue weighted by Crippen LogP contribution is -2.55. The highest BCUT2D eigenvalue weighted by Gasteiger charge is 2.42. The van der Waals surface area contributed by atoms with E-state index in [9.17, 15) is 9.59 Å². The molecule has 3 atom stereocenters. The van der Waals surface area contributed by atoms with Gasteiger partial charge in [-0.25, -0.2) is 0 Å². The van der Waals surface area contributed by atoms with Gasteiger partial charge in [0.05, 0.1) is 5.02 Å². The number of carbonyl (C=O) groups excluding carboxylic acids is 2. The molecular formula is C25H29Cl2N3O3. The van der Waals surface area contributed by atoms with Crippen LogP contribution in [-0.4, -0.2) is 40.4 Å². The summed E-state index contributed by atoms with van der Waals surface area (Å²) >= 11 is 12.2. The summed E-state index contributed by atoms with van der Waals surface area (Å²) in [5.41, 5.74) is 5.95. The quantitative estimate of drug-likeness (QED) is 0.596. The van der Waals surface area contributed by atoms with Gasteiger partial charge in [-0.1, -0.05) is 35.3 Å². The molecule has 2 amide bonds. The first-order valence-corrected chi connectivity index (χ1v) is 12.0. The fraction of sp³-hybridized carbons (Fsp3) is 0.440. The molecule has 2 heterocycles. The summed E-state index contributed by atoms with van der Waals surface area (Å²) < 4.78 is 5.94. The number of rotatable bonds is 7. The van der Waals surface area contributed by atoms with Crippen LogP contribution >= 0.6 is 23.2 Å². The van der Waals surface area contributed by atoms with Crippen LogP contribution in [0.25, 0.3) is 0 Å². The standard InChI is InChI=1S/C25H29Cl2N3O3/c1-25(2,33-22-10-7-17(26)11-21(22)27)24(32)29-18-12-19-8-9-20(13-18)30(19)14-15-3-5-16(6-4-15)23(28)31/h3-7,10-11,18-20H,8-9,12-14H2,1-2H3,(H2,28,31)(H,29,32)/t18-,19+,20-. The predicted octanol–water partition coefficient (Wildman–Crippen LogP) is 4.56. The highest BCUT2D eigenvalue weighted by molar-refractivity contribution is 6.35. The maximum Gasteiger partial charge on any atom is 0.263 e. The minimum atomic E-state index is -1.07. The van der Waals surface area contributed by atoms with Crippen molar-refractivity contribution in [3.8, 4) is 5.75 Å². The Morgan fingerprint density at radius 3 is 2.30 bits per heavy atom. The Morgan fingerprint density at radius 2 is 1.73 bits per heavy atom. The molecule has 0 radical (unpaired) electrons. The van der Waals surface area contributed by atoms with Gasteiger partial charge in [-0.15, -0.1) is 0 Å². The van der Waals surface area contributed by atoms with E-state index in [0.717, 1.165) is 37.8 Å². The molecule has 0 unspecified atom stereocenters. The van der Waals surface area contributed by atoms with Gasteiger partial charge in [0.15, 0.2) is 5.60 Å². The largest absolute Gasteiger partial charge is 0.476 e. The van der Waals surface area contributed by atoms with E-state index in [1.807, 2.05) is 12.1 Å². The average Bonchev–Trinajstić information content (AvgIpc) is 2.98. The summed E-state index contributed by atoms with van der Waals surface area (Å²) in [5, 5.41) is 4.09. The van der Waals surface area contributed by atoms with E-state index < -0.39 is 11.5 Å². The fourth-order valence-electron chi connectivity index (χ4n) is 4.87. The number of benzene rings is 2. The summed E-state index contributed by atoms with van der Waals surface area (Å²) in [5.74, 6) is -0.143. The summed E-state index contributed by atoms with van der Waals surface area (Å²) in [6, 6.07) is 13.4. The van der Waals surface area contributed by atoms with Gasteiger partial charge in [-0.2, -0.15) is 0 Å². The molecule has 2 saturated heterocycles. The SMILES string of the molecule is CC(C)(Oc1ccc(Cl)cc1Cl)C(=O)N[C@H]1C[C@H]2CC[C@@H](C1)N2Cc1ccc(C(N)=O)cc1. The molecule has 2 aromatic rings. The van der Waals surface area contributed by atoms with Crippen LogP contribution in [0.4, 0.5) is 0 Å². The molecule has 2 aliphatic heterocycles. The van der Waals surface area contributed by atoms with E-state index >= 15 is 0 Å². The first-order valence-electron chi connectivity index (χ1n) is 11.2. The zero-order valence-corrected chi connectivity index (χ0v) is 20.3. The maximum atomic E-state index is 13.1. The van der Waals surface area contributed by atoms with Gasteiger partial charge in [0.2, 0.25) is 5.91 Å². The van der Waals surface area contributed by atoms with Gasteiger partial charge in [-0.3, -0.25) is 14.5 Å². The van der Waals surface area contributed by atoms with Gasteiger partial charge >= 0.3 is 0 Å². The number of hydrogen-bond donors (Lipinski definition) is 2. The van der Waals surface area contributed by atoms with Crippen LogP contribution in [-0.2, 0) is 11.3 Å². The van der Waals surface area contributed by atoms with Crippen LogP contribution in [0.2, 0.25) is 10.0 Å². The van der Waals surface area contributed by atoms with Crippen LogP contribution in [0.15, 0.2) is 42.5 Å². The van der Waals surface area contributed by atoms with Gasteiger partial charge < -0.3 is 15.8 Å². The van der Waals surface area contributed by atoms with Crippen molar-refractivity contribution >= 4 is 35.0 Å². The lowest BCUT2D eigenvalue weighted by Gasteiger charge is -2.40. The Kier molecular flexibility index (Phi) is 6.89. The van der Waals surface area contributed by atoms with E-state index in [2.05, 4.69) is 10.2 Å². The third kappa shape index (κ3) is 5.45. The van der Waals surface area contributed by atoms with E-state index in [-0.39, 0.29) is 11.9 Å². The third-order valence-electron chi connectivity index (χ3n) is 6.63. The molecule has 0 aliphatic carbocycles. The van der Waals surface area contributed by atoms with Crippen LogP contribution in [0.5, 0.6) is 5.75 Å². The second-order valence-corrected chi connectivity index (χ2v) is 10.3. The van der Waals surface area contributed by atoms with Crippen LogP contribution in [0.3, 0.4) is 0 Å². The number of ether oxygens (including phenoxy) is 1. The molecular weight excluding hydrogens is 461 g/mol. The van der Waals surface area contributed by atoms with Gasteiger partial charge in [0.1, 0.15) is 5.75 Å². The van der Waals surface area contributed by atoms with E-state index in [0.29, 0.717) is 33.4 Å². The first-order chi connectivity index (χ1) is 15.6. The highest BCUT2D eigenvalue weighted by atomic mass is 35.5. The summed E-state index contributed by atoms with van der Waals surface area (Å²) in [6.07, 6.45) is 4.05. The van der Waals surface area contributed by atoms with Crippen LogP contribution in [0, 0.1) is 0 Å². The second kappa shape index (κ2) is 9.53. The predicted molar refractivity (Wildman–Crippen MR) is 130 cm³/mol. The highest BCUT2D eigenvalue weighted by Crippen LogP contribution is 2.37. The molecule has 176 valence electrons. The number of halogens is 2. The Balaban J connectivity index is 1.35. The number of amides is 2. The van der Waals surface area contributed by atoms with Crippen molar-refractivity contribution in [3.05, 3.63) is 63.6 Å². The maximum absolute atomic E-state index is 13.1. The molecule has 2 fully saturated rings. The number of primary amides is 1. The number of fused-ring (bicyclic) bond motifs is 2. The smallest absolute Gasteiger partial charge is 0.263 e. The van der Waals surface area contributed by atoms with Crippen molar-refractivity contribution in [2.45, 2.75) is 69.8 Å². The minimum absolute atomic E-state index is 0.104. The van der Waals surface area contributed by atoms with Gasteiger partial charge in [-0.05, 0) is 75.4 Å². The molecule has 0 aromatic heterocycles. The Morgan fingerprint density at radius 1 is 1.09 bits per heavy atom. The summed E-state index contributed by atoms with van der Waals surface area (Å²) in [4.78, 5) is 26.9. The zero-order chi connectivity index (χ0) is 23.8. The number of nitrogens with one attached hydrogen (secondary N) is 1. The monoisotopic (exact) mass is 489 g/mol. The van der Waals surface area contributed by atoms with Crippen molar-refractivity contribution in [1.82, 2.24) is 10.2 Å². The van der Waals surface area contributed by atoms with Crippen LogP contribution < -0.4 is 15.8 Å². The molecule has 6 nitrogen and oxygen atoms in total. The first kappa shape index (κ1) is 23.9. The minimum Gasteiger partial charge on any atom is -0.476 e. The molecule has 0 spiro atoms. The second-order valence-electron chi connectivity index (χ2n) is 9.45. The zero-order valence-electron chi connectivity index (χ0n) is 18.8. The lowest BCUT2D eigenvalue weighted by molar-refractivity contribution is -0.135. The Bertz CT molecular complexity index is 1030. The van der Waals surface area contributed by atoms with E-state index in [1.165, 1.54) is 0 Å². The van der Waals surface area contributed by atoms with Crippen LogP contribution in [0.1, 0.15) is 55.5 Å². The van der Waals surface area contributed by atoms with Crippen molar-refractivity contribution in [2.75, 3.05) is 0 Å². The van der Waals surface area contributed by atoms with Crippen molar-refractivity contribution in [2.24, 2.45) is 5.73 Å². The summed E-state index contributed by atoms with van der Waals surface area (Å²) in [7, 11) is 0. The van der Waals surface area contributed by atoms with Gasteiger partial charge in [0, 0.05) is 35.3 Å². The number of nitrogens with zero attached hydrogens (tertiary/aromatic N) is 1. The Hall–Kier alpha value is -2.28. The average molecular weight is 490 g/mol. The van der Waals surface area contributed by atoms with E-state index in [1.54, 1.807) is 44.2 Å². The molecule has 2 aromatic carbocycles. The number of nitrogens with two attached hydrogens (primary N) is 1. The normalized spacial score (nSPS) is 22.7. The van der Waals surface area contributed by atoms with Crippen molar-refractivity contribution in [1.29, 1.82) is 0 Å². The van der Waals surface area contributed by atoms with Gasteiger partial charge in [0.25, 0.3) is 5.91 Å². The molecule has 2 aliphatic rings. The number of piperidine rings is 1. The lowest BCUT2D eigenvalue weighted by atomic mass is 9.95. The molecule has 8 heteroatoms. The van der Waals surface area contributed by atoms with Crippen molar-refractivity contribution in [3.63, 3.8) is 0 Å². The molecule has 2 bridgehead atoms. The van der Waals surface area contributed by atoms with E-state index in [4.69, 9.17) is 33.7 Å². The third-order valence-corrected chi connectivity index (χ3v) is 7.16. The molecule has 4 rings (SSSR count). The topological polar surface area (TPSA) is 84.7 Å².